The summed E-state index contributed by atoms with van der Waals surface area (Å²) in [6.07, 6.45) is 14.3. The molecule has 0 bridgehead atoms. The van der Waals surface area contributed by atoms with E-state index in [1.54, 1.807) is 5.57 Å². The van der Waals surface area contributed by atoms with Crippen molar-refractivity contribution in [3.63, 3.8) is 0 Å². The summed E-state index contributed by atoms with van der Waals surface area (Å²) in [6.45, 7) is 4.54. The average molecular weight is 336 g/mol. The molecular weight excluding hydrogens is 312 g/mol. The van der Waals surface area contributed by atoms with Crippen molar-refractivity contribution in [1.29, 1.82) is 0 Å². The van der Waals surface area contributed by atoms with Gasteiger partial charge in [0.05, 0.1) is 0 Å². The van der Waals surface area contributed by atoms with Gasteiger partial charge in [-0.3, -0.25) is 0 Å². The van der Waals surface area contributed by atoms with Crippen LogP contribution in [0.3, 0.4) is 0 Å². The molecule has 2 aromatic carbocycles. The highest BCUT2D eigenvalue weighted by molar-refractivity contribution is 5.83. The molecule has 128 valence electrons. The maximum Gasteiger partial charge on any atom is 0.00589 e. The Balaban J connectivity index is 1.58. The normalized spacial score (nSPS) is 23.2. The molecule has 3 aliphatic carbocycles. The molecule has 3 aliphatic rings. The molecule has 0 spiro atoms. The van der Waals surface area contributed by atoms with Gasteiger partial charge in [-0.05, 0) is 58.4 Å². The Bertz CT molecular complexity index is 1090. The monoisotopic (exact) mass is 336 g/mol. The van der Waals surface area contributed by atoms with Gasteiger partial charge in [-0.2, -0.15) is 0 Å². The lowest BCUT2D eigenvalue weighted by molar-refractivity contribution is 0.802. The van der Waals surface area contributed by atoms with Crippen molar-refractivity contribution in [2.45, 2.75) is 32.6 Å². The zero-order valence-corrected chi connectivity index (χ0v) is 15.5. The van der Waals surface area contributed by atoms with Gasteiger partial charge in [-0.15, -0.1) is 0 Å². The molecule has 0 heterocycles. The summed E-state index contributed by atoms with van der Waals surface area (Å²) >= 11 is 0. The highest BCUT2D eigenvalue weighted by Gasteiger charge is 2.22. The van der Waals surface area contributed by atoms with E-state index in [1.165, 1.54) is 38.3 Å². The Labute approximate surface area is 155 Å². The highest BCUT2D eigenvalue weighted by atomic mass is 14.3. The molecular formula is C26H24. The summed E-state index contributed by atoms with van der Waals surface area (Å²) < 4.78 is 0. The number of benzene rings is 2. The van der Waals surface area contributed by atoms with E-state index >= 15 is 0 Å². The van der Waals surface area contributed by atoms with Crippen molar-refractivity contribution in [3.8, 4) is 0 Å². The first kappa shape index (κ1) is 15.6. The second-order valence-electron chi connectivity index (χ2n) is 7.88. The lowest BCUT2D eigenvalue weighted by Crippen LogP contribution is -2.34. The SMILES string of the molecule is CC1=Cc2ccc3c(c2=C[C@@H]1C)=CCC1=C3C=CC(c2ccccc2)C1. The fourth-order valence-corrected chi connectivity index (χ4v) is 4.58. The minimum absolute atomic E-state index is 0.514. The van der Waals surface area contributed by atoms with Crippen LogP contribution < -0.4 is 10.4 Å². The molecule has 0 radical (unpaired) electrons. The maximum atomic E-state index is 2.46. The fraction of sp³-hybridized carbons (Fsp3) is 0.231. The van der Waals surface area contributed by atoms with E-state index in [9.17, 15) is 0 Å². The fourth-order valence-electron chi connectivity index (χ4n) is 4.58. The maximum absolute atomic E-state index is 2.46. The number of fused-ring (bicyclic) bond motifs is 4. The molecule has 0 fully saturated rings. The van der Waals surface area contributed by atoms with Gasteiger partial charge in [-0.25, -0.2) is 0 Å². The van der Waals surface area contributed by atoms with Crippen molar-refractivity contribution in [2.75, 3.05) is 0 Å². The molecule has 0 N–H and O–H groups in total. The molecule has 0 saturated carbocycles. The third-order valence-corrected chi connectivity index (χ3v) is 6.25. The van der Waals surface area contributed by atoms with Crippen LogP contribution in [0.1, 0.15) is 49.3 Å². The smallest absolute Gasteiger partial charge is 0.00589 e. The molecule has 0 nitrogen and oxygen atoms in total. The highest BCUT2D eigenvalue weighted by Crippen LogP contribution is 2.37. The first-order chi connectivity index (χ1) is 12.7. The van der Waals surface area contributed by atoms with Gasteiger partial charge in [-0.1, -0.05) is 90.9 Å². The second-order valence-corrected chi connectivity index (χ2v) is 7.88. The minimum Gasteiger partial charge on any atom is -0.0761 e. The van der Waals surface area contributed by atoms with Crippen molar-refractivity contribution < 1.29 is 0 Å². The van der Waals surface area contributed by atoms with Crippen LogP contribution in [0.5, 0.6) is 0 Å². The summed E-state index contributed by atoms with van der Waals surface area (Å²) in [5, 5.41) is 2.88. The number of hydrogen-bond acceptors (Lipinski definition) is 0. The van der Waals surface area contributed by atoms with E-state index in [0.29, 0.717) is 11.8 Å². The third-order valence-electron chi connectivity index (χ3n) is 6.25. The van der Waals surface area contributed by atoms with Gasteiger partial charge < -0.3 is 0 Å². The lowest BCUT2D eigenvalue weighted by atomic mass is 9.78. The molecule has 0 heteroatoms. The molecule has 0 aromatic heterocycles. The standard InChI is InChI=1S/C26H24/c1-17-14-21-9-12-24-23-11-8-20(19-6-4-3-5-7-19)16-22(23)10-13-25(24)26(21)15-18(17)2/h3-9,11-15,18,20H,10,16H2,1-2H3/t18-,20?/m0/s1. The zero-order valence-electron chi connectivity index (χ0n) is 15.5. The summed E-state index contributed by atoms with van der Waals surface area (Å²) in [4.78, 5) is 0. The predicted molar refractivity (Wildman–Crippen MR) is 112 cm³/mol. The van der Waals surface area contributed by atoms with Gasteiger partial charge in [0.25, 0.3) is 0 Å². The minimum atomic E-state index is 0.514. The van der Waals surface area contributed by atoms with Crippen molar-refractivity contribution in [1.82, 2.24) is 0 Å². The average Bonchev–Trinajstić information content (AvgIpc) is 2.69. The first-order valence-corrected chi connectivity index (χ1v) is 9.69. The van der Waals surface area contributed by atoms with Crippen LogP contribution in [-0.4, -0.2) is 0 Å². The van der Waals surface area contributed by atoms with Crippen LogP contribution in [0.4, 0.5) is 0 Å². The quantitative estimate of drug-likeness (QED) is 0.671. The van der Waals surface area contributed by atoms with Gasteiger partial charge in [0.15, 0.2) is 0 Å². The summed E-state index contributed by atoms with van der Waals surface area (Å²) in [6, 6.07) is 15.5. The largest absolute Gasteiger partial charge is 0.0761 e. The molecule has 2 atom stereocenters. The van der Waals surface area contributed by atoms with Crippen LogP contribution in [0.25, 0.3) is 23.8 Å². The van der Waals surface area contributed by atoms with Gasteiger partial charge in [0, 0.05) is 5.92 Å². The third kappa shape index (κ3) is 2.44. The van der Waals surface area contributed by atoms with Crippen LogP contribution in [0.2, 0.25) is 0 Å². The zero-order chi connectivity index (χ0) is 17.7. The van der Waals surface area contributed by atoms with Crippen LogP contribution in [-0.2, 0) is 0 Å². The molecule has 0 amide bonds. The molecule has 2 aromatic rings. The van der Waals surface area contributed by atoms with E-state index in [2.05, 4.69) is 86.7 Å². The topological polar surface area (TPSA) is 0 Å². The van der Waals surface area contributed by atoms with Crippen molar-refractivity contribution in [2.24, 2.45) is 5.92 Å². The summed E-state index contributed by atoms with van der Waals surface area (Å²) in [5.41, 5.74) is 8.73. The predicted octanol–water partition coefficient (Wildman–Crippen LogP) is 5.20. The number of rotatable bonds is 1. The molecule has 5 rings (SSSR count). The number of hydrogen-bond donors (Lipinski definition) is 0. The lowest BCUT2D eigenvalue weighted by Gasteiger charge is -2.26. The van der Waals surface area contributed by atoms with Crippen molar-refractivity contribution in [3.05, 3.63) is 92.9 Å². The van der Waals surface area contributed by atoms with Crippen molar-refractivity contribution >= 4 is 23.8 Å². The Morgan fingerprint density at radius 3 is 2.65 bits per heavy atom. The van der Waals surface area contributed by atoms with Crippen LogP contribution >= 0.6 is 0 Å². The Hall–Kier alpha value is -2.60. The van der Waals surface area contributed by atoms with Gasteiger partial charge in [0.2, 0.25) is 0 Å². The number of allylic oxidation sites excluding steroid dienone is 5. The van der Waals surface area contributed by atoms with Gasteiger partial charge >= 0.3 is 0 Å². The molecule has 26 heavy (non-hydrogen) atoms. The Morgan fingerprint density at radius 1 is 0.962 bits per heavy atom. The Kier molecular flexibility index (Phi) is 3.60. The summed E-state index contributed by atoms with van der Waals surface area (Å²) in [5.74, 6) is 1.04. The molecule has 0 saturated heterocycles. The van der Waals surface area contributed by atoms with E-state index in [-0.39, 0.29) is 0 Å². The molecule has 1 unspecified atom stereocenters. The van der Waals surface area contributed by atoms with E-state index in [1.807, 2.05) is 0 Å². The summed E-state index contributed by atoms with van der Waals surface area (Å²) in [7, 11) is 0. The van der Waals surface area contributed by atoms with Crippen LogP contribution in [0, 0.1) is 5.92 Å². The first-order valence-electron chi connectivity index (χ1n) is 9.69. The Morgan fingerprint density at radius 2 is 1.81 bits per heavy atom. The van der Waals surface area contributed by atoms with Crippen LogP contribution in [0.15, 0.2) is 65.8 Å². The van der Waals surface area contributed by atoms with E-state index in [0.717, 1.165) is 12.8 Å². The van der Waals surface area contributed by atoms with E-state index < -0.39 is 0 Å². The van der Waals surface area contributed by atoms with Gasteiger partial charge in [0.1, 0.15) is 0 Å². The van der Waals surface area contributed by atoms with E-state index in [4.69, 9.17) is 0 Å². The molecule has 0 aliphatic heterocycles. The second kappa shape index (κ2) is 5.99.